The lowest BCUT2D eigenvalue weighted by Gasteiger charge is -2.16. The molecule has 0 atom stereocenters. The van der Waals surface area contributed by atoms with Crippen molar-refractivity contribution in [2.24, 2.45) is 0 Å². The van der Waals surface area contributed by atoms with Crippen LogP contribution in [0, 0.1) is 0 Å². The molecule has 4 rings (SSSR count). The molecule has 1 aliphatic carbocycles. The highest BCUT2D eigenvalue weighted by Crippen LogP contribution is 2.36. The predicted octanol–water partition coefficient (Wildman–Crippen LogP) is 4.63. The second-order valence-corrected chi connectivity index (χ2v) is 9.41. The Morgan fingerprint density at radius 2 is 1.70 bits per heavy atom. The van der Waals surface area contributed by atoms with Crippen molar-refractivity contribution in [2.45, 2.75) is 77.4 Å². The minimum Gasteiger partial charge on any atom is -0.508 e. The van der Waals surface area contributed by atoms with E-state index in [4.69, 9.17) is 0 Å². The maximum atomic E-state index is 12.5. The molecule has 1 heterocycles. The lowest BCUT2D eigenvalue weighted by molar-refractivity contribution is 0.444. The third-order valence-electron chi connectivity index (χ3n) is 6.58. The van der Waals surface area contributed by atoms with Crippen LogP contribution in [0.4, 0.5) is 0 Å². The molecule has 7 heteroatoms. The normalized spacial score (nSPS) is 15.1. The van der Waals surface area contributed by atoms with Crippen LogP contribution in [-0.4, -0.2) is 31.0 Å². The van der Waals surface area contributed by atoms with Gasteiger partial charge in [-0.2, -0.15) is 5.10 Å². The first kappa shape index (κ1) is 23.1. The number of hydrogen-bond acceptors (Lipinski definition) is 5. The van der Waals surface area contributed by atoms with Crippen LogP contribution in [0.3, 0.4) is 0 Å². The molecular weight excluding hydrogens is 416 g/mol. The zero-order valence-corrected chi connectivity index (χ0v) is 19.5. The van der Waals surface area contributed by atoms with Gasteiger partial charge in [-0.05, 0) is 41.5 Å². The van der Waals surface area contributed by atoms with Gasteiger partial charge in [-0.15, -0.1) is 0 Å². The number of nitrogens with zero attached hydrogens (tertiary/aromatic N) is 2. The Morgan fingerprint density at radius 1 is 1.03 bits per heavy atom. The molecular formula is C26H34N4O3. The van der Waals surface area contributed by atoms with Gasteiger partial charge in [-0.3, -0.25) is 4.57 Å². The molecule has 2 aromatic carbocycles. The van der Waals surface area contributed by atoms with Crippen LogP contribution in [0.5, 0.6) is 11.5 Å². The van der Waals surface area contributed by atoms with Gasteiger partial charge in [0.05, 0.1) is 12.1 Å². The summed E-state index contributed by atoms with van der Waals surface area (Å²) in [5, 5.41) is 30.9. The molecule has 176 valence electrons. The quantitative estimate of drug-likeness (QED) is 0.393. The minimum atomic E-state index is -0.345. The Labute approximate surface area is 194 Å². The van der Waals surface area contributed by atoms with E-state index in [-0.39, 0.29) is 23.1 Å². The summed E-state index contributed by atoms with van der Waals surface area (Å²) in [7, 11) is 0. The first-order chi connectivity index (χ1) is 15.9. The van der Waals surface area contributed by atoms with Crippen LogP contribution >= 0.6 is 0 Å². The largest absolute Gasteiger partial charge is 0.508 e. The van der Waals surface area contributed by atoms with Crippen molar-refractivity contribution in [3.63, 3.8) is 0 Å². The molecule has 1 saturated carbocycles. The van der Waals surface area contributed by atoms with Gasteiger partial charge in [0.15, 0.2) is 5.82 Å². The van der Waals surface area contributed by atoms with Crippen LogP contribution in [0.1, 0.15) is 75.0 Å². The molecule has 0 unspecified atom stereocenters. The van der Waals surface area contributed by atoms with Gasteiger partial charge < -0.3 is 15.5 Å². The second kappa shape index (κ2) is 10.3. The summed E-state index contributed by atoms with van der Waals surface area (Å²) >= 11 is 0. The molecule has 0 aliphatic heterocycles. The Balaban J connectivity index is 1.50. The van der Waals surface area contributed by atoms with E-state index < -0.39 is 0 Å². The number of nitrogens with one attached hydrogen (secondary N) is 2. The van der Waals surface area contributed by atoms with Gasteiger partial charge in [0.2, 0.25) is 0 Å². The van der Waals surface area contributed by atoms with Gasteiger partial charge >= 0.3 is 5.69 Å². The van der Waals surface area contributed by atoms with Crippen LogP contribution in [0.25, 0.3) is 11.4 Å². The van der Waals surface area contributed by atoms with E-state index in [1.807, 2.05) is 26.0 Å². The van der Waals surface area contributed by atoms with E-state index in [1.54, 1.807) is 6.07 Å². The van der Waals surface area contributed by atoms with Gasteiger partial charge in [0.25, 0.3) is 0 Å². The zero-order chi connectivity index (χ0) is 23.4. The average molecular weight is 451 g/mol. The standard InChI is InChI=1S/C26H34N4O3/c1-17(2)21-13-22(24(32)14-23(21)31)25-28-29-26(33)30(25)16-19-11-9-18(10-12-19)15-27-20-7-5-3-4-6-8-20/h9-14,17,20,27,31-32H,3-8,15-16H2,1-2H3,(H,29,33). The number of aromatic nitrogens is 3. The maximum Gasteiger partial charge on any atom is 0.343 e. The molecule has 1 aliphatic rings. The van der Waals surface area contributed by atoms with Gasteiger partial charge in [0.1, 0.15) is 11.5 Å². The molecule has 33 heavy (non-hydrogen) atoms. The van der Waals surface area contributed by atoms with Crippen LogP contribution in [-0.2, 0) is 13.1 Å². The van der Waals surface area contributed by atoms with Gasteiger partial charge in [-0.25, -0.2) is 9.89 Å². The first-order valence-corrected chi connectivity index (χ1v) is 11.9. The highest BCUT2D eigenvalue weighted by atomic mass is 16.3. The molecule has 0 radical (unpaired) electrons. The third kappa shape index (κ3) is 5.47. The van der Waals surface area contributed by atoms with Crippen LogP contribution in [0.2, 0.25) is 0 Å². The lowest BCUT2D eigenvalue weighted by Crippen LogP contribution is -2.27. The minimum absolute atomic E-state index is 0.0312. The highest BCUT2D eigenvalue weighted by molar-refractivity contribution is 5.67. The van der Waals surface area contributed by atoms with Crippen LogP contribution in [0.15, 0.2) is 41.2 Å². The average Bonchev–Trinajstić information content (AvgIpc) is 2.98. The fourth-order valence-corrected chi connectivity index (χ4v) is 4.60. The predicted molar refractivity (Wildman–Crippen MR) is 130 cm³/mol. The van der Waals surface area contributed by atoms with Crippen molar-refractivity contribution in [3.8, 4) is 22.9 Å². The van der Waals surface area contributed by atoms with E-state index in [1.165, 1.54) is 54.7 Å². The van der Waals surface area contributed by atoms with Gasteiger partial charge in [0, 0.05) is 18.7 Å². The van der Waals surface area contributed by atoms with E-state index in [2.05, 4.69) is 27.6 Å². The van der Waals surface area contributed by atoms with Crippen molar-refractivity contribution >= 4 is 0 Å². The molecule has 1 aromatic heterocycles. The van der Waals surface area contributed by atoms with E-state index in [0.29, 0.717) is 29.5 Å². The maximum absolute atomic E-state index is 12.5. The number of phenols is 2. The molecule has 0 bridgehead atoms. The third-order valence-corrected chi connectivity index (χ3v) is 6.58. The summed E-state index contributed by atoms with van der Waals surface area (Å²) in [5.74, 6) is 0.321. The fourth-order valence-electron chi connectivity index (χ4n) is 4.60. The van der Waals surface area contributed by atoms with Crippen molar-refractivity contribution in [3.05, 3.63) is 63.6 Å². The lowest BCUT2D eigenvalue weighted by atomic mass is 9.98. The summed E-state index contributed by atoms with van der Waals surface area (Å²) in [5.41, 5.74) is 2.96. The molecule has 1 fully saturated rings. The van der Waals surface area contributed by atoms with E-state index in [9.17, 15) is 15.0 Å². The Kier molecular flexibility index (Phi) is 7.18. The Morgan fingerprint density at radius 3 is 2.36 bits per heavy atom. The zero-order valence-electron chi connectivity index (χ0n) is 19.5. The summed E-state index contributed by atoms with van der Waals surface area (Å²) in [4.78, 5) is 12.5. The molecule has 0 saturated heterocycles. The topological polar surface area (TPSA) is 103 Å². The number of hydrogen-bond donors (Lipinski definition) is 4. The molecule has 7 nitrogen and oxygen atoms in total. The van der Waals surface area contributed by atoms with Crippen molar-refractivity contribution in [1.82, 2.24) is 20.1 Å². The Bertz CT molecular complexity index is 1120. The van der Waals surface area contributed by atoms with Gasteiger partial charge in [-0.1, -0.05) is 63.8 Å². The van der Waals surface area contributed by atoms with E-state index in [0.717, 1.165) is 12.1 Å². The molecule has 4 N–H and O–H groups in total. The van der Waals surface area contributed by atoms with Crippen LogP contribution < -0.4 is 11.0 Å². The summed E-state index contributed by atoms with van der Waals surface area (Å²) in [6, 6.07) is 11.9. The highest BCUT2D eigenvalue weighted by Gasteiger charge is 2.19. The second-order valence-electron chi connectivity index (χ2n) is 9.41. The van der Waals surface area contributed by atoms with E-state index >= 15 is 0 Å². The van der Waals surface area contributed by atoms with Crippen molar-refractivity contribution in [2.75, 3.05) is 0 Å². The number of aromatic amines is 1. The monoisotopic (exact) mass is 450 g/mol. The summed E-state index contributed by atoms with van der Waals surface area (Å²) in [6.07, 6.45) is 7.84. The molecule has 0 amide bonds. The Hall–Kier alpha value is -3.06. The first-order valence-electron chi connectivity index (χ1n) is 11.9. The number of aromatic hydroxyl groups is 2. The SMILES string of the molecule is CC(C)c1cc(-c2n[nH]c(=O)n2Cc2ccc(CNC3CCCCCC3)cc2)c(O)cc1O. The molecule has 0 spiro atoms. The number of H-pyrrole nitrogens is 1. The number of phenolic OH excluding ortho intramolecular Hbond substituents is 2. The number of rotatable bonds is 7. The summed E-state index contributed by atoms with van der Waals surface area (Å²) in [6.45, 7) is 5.10. The fraction of sp³-hybridized carbons (Fsp3) is 0.462. The smallest absolute Gasteiger partial charge is 0.343 e. The number of benzene rings is 2. The molecule has 3 aromatic rings. The van der Waals surface area contributed by atoms with Crippen molar-refractivity contribution < 1.29 is 10.2 Å². The summed E-state index contributed by atoms with van der Waals surface area (Å²) < 4.78 is 1.51. The van der Waals surface area contributed by atoms with Crippen molar-refractivity contribution in [1.29, 1.82) is 0 Å².